The molecule has 1 aromatic carbocycles. The topological polar surface area (TPSA) is 64.0 Å². The molecule has 0 radical (unpaired) electrons. The highest BCUT2D eigenvalue weighted by molar-refractivity contribution is 7.16. The predicted molar refractivity (Wildman–Crippen MR) is 95.4 cm³/mol. The molecule has 1 amide bonds. The van der Waals surface area contributed by atoms with Crippen LogP contribution in [0.15, 0.2) is 30.5 Å². The molecule has 2 aromatic heterocycles. The number of aryl methyl sites for hydroxylation is 1. The Morgan fingerprint density at radius 2 is 2.08 bits per heavy atom. The van der Waals surface area contributed by atoms with Crippen molar-refractivity contribution >= 4 is 39.2 Å². The first-order chi connectivity index (χ1) is 11.5. The zero-order valence-electron chi connectivity index (χ0n) is 13.5. The summed E-state index contributed by atoms with van der Waals surface area (Å²) in [6, 6.07) is 7.97. The monoisotopic (exact) mass is 339 g/mol. The minimum Gasteiger partial charge on any atom is -0.302 e. The summed E-state index contributed by atoms with van der Waals surface area (Å²) >= 11 is 1.46. The Kier molecular flexibility index (Phi) is 3.49. The van der Waals surface area contributed by atoms with E-state index in [4.69, 9.17) is 0 Å². The van der Waals surface area contributed by atoms with Crippen LogP contribution in [0.25, 0.3) is 22.2 Å². The van der Waals surface area contributed by atoms with Gasteiger partial charge in [-0.1, -0.05) is 6.07 Å². The number of carbonyl (C=O) groups excluding carboxylic acids is 2. The van der Waals surface area contributed by atoms with Gasteiger partial charge in [-0.05, 0) is 38.0 Å². The van der Waals surface area contributed by atoms with Crippen molar-refractivity contribution in [1.82, 2.24) is 9.55 Å². The number of carbonyl (C=O) groups is 2. The summed E-state index contributed by atoms with van der Waals surface area (Å²) in [5, 5.41) is 4.36. The fourth-order valence-electron chi connectivity index (χ4n) is 2.88. The third-order valence-corrected chi connectivity index (χ3v) is 5.09. The van der Waals surface area contributed by atoms with Crippen molar-refractivity contribution in [3.8, 4) is 11.3 Å². The third-order valence-electron chi connectivity index (χ3n) is 4.21. The lowest BCUT2D eigenvalue weighted by Crippen LogP contribution is -2.10. The van der Waals surface area contributed by atoms with E-state index in [-0.39, 0.29) is 17.7 Å². The summed E-state index contributed by atoms with van der Waals surface area (Å²) < 4.78 is 1.76. The van der Waals surface area contributed by atoms with Gasteiger partial charge in [-0.25, -0.2) is 4.98 Å². The normalized spacial score (nSPS) is 14.1. The summed E-state index contributed by atoms with van der Waals surface area (Å²) in [7, 11) is 0. The second-order valence-corrected chi connectivity index (χ2v) is 7.38. The van der Waals surface area contributed by atoms with E-state index in [1.807, 2.05) is 37.4 Å². The van der Waals surface area contributed by atoms with Gasteiger partial charge < -0.3 is 5.32 Å². The lowest BCUT2D eigenvalue weighted by Gasteiger charge is -2.04. The largest absolute Gasteiger partial charge is 0.302 e. The molecule has 0 unspecified atom stereocenters. The minimum atomic E-state index is -0.124. The molecule has 4 rings (SSSR count). The van der Waals surface area contributed by atoms with Crippen molar-refractivity contribution in [2.75, 3.05) is 5.32 Å². The second-order valence-electron chi connectivity index (χ2n) is 6.18. The number of aromatic nitrogens is 2. The van der Waals surface area contributed by atoms with Crippen molar-refractivity contribution in [2.45, 2.75) is 26.7 Å². The van der Waals surface area contributed by atoms with Crippen LogP contribution < -0.4 is 5.32 Å². The molecule has 6 heteroatoms. The van der Waals surface area contributed by atoms with Crippen LogP contribution in [0.2, 0.25) is 0 Å². The first-order valence-corrected chi connectivity index (χ1v) is 8.75. The number of hydrogen-bond donors (Lipinski definition) is 1. The summed E-state index contributed by atoms with van der Waals surface area (Å²) in [5.41, 5.74) is 2.79. The maximum absolute atomic E-state index is 12.3. The van der Waals surface area contributed by atoms with Gasteiger partial charge in [0.1, 0.15) is 0 Å². The molecule has 24 heavy (non-hydrogen) atoms. The maximum atomic E-state index is 12.3. The molecule has 0 saturated heterocycles. The van der Waals surface area contributed by atoms with Crippen molar-refractivity contribution in [2.24, 2.45) is 5.92 Å². The number of thiazole rings is 1. The molecule has 0 aliphatic heterocycles. The Morgan fingerprint density at radius 1 is 1.29 bits per heavy atom. The fraction of sp³-hybridized carbons (Fsp3) is 0.278. The highest BCUT2D eigenvalue weighted by Crippen LogP contribution is 2.34. The average molecular weight is 339 g/mol. The molecular weight excluding hydrogens is 322 g/mol. The third kappa shape index (κ3) is 2.63. The number of anilines is 1. The van der Waals surface area contributed by atoms with Gasteiger partial charge in [-0.2, -0.15) is 0 Å². The number of fused-ring (bicyclic) bond motifs is 1. The van der Waals surface area contributed by atoms with Gasteiger partial charge in [-0.3, -0.25) is 14.2 Å². The zero-order valence-corrected chi connectivity index (χ0v) is 14.3. The van der Waals surface area contributed by atoms with Crippen molar-refractivity contribution in [1.29, 1.82) is 0 Å². The fourth-order valence-corrected chi connectivity index (χ4v) is 3.76. The van der Waals surface area contributed by atoms with Gasteiger partial charge in [0.2, 0.25) is 11.8 Å². The van der Waals surface area contributed by atoms with Crippen LogP contribution in [0.3, 0.4) is 0 Å². The number of hydrogen-bond acceptors (Lipinski definition) is 4. The van der Waals surface area contributed by atoms with E-state index >= 15 is 0 Å². The van der Waals surface area contributed by atoms with Crippen LogP contribution in [0.4, 0.5) is 5.13 Å². The number of nitrogens with one attached hydrogen (secondary N) is 1. The number of nitrogens with zero attached hydrogens (tertiary/aromatic N) is 2. The molecule has 5 nitrogen and oxygen atoms in total. The van der Waals surface area contributed by atoms with Crippen LogP contribution in [0.5, 0.6) is 0 Å². The van der Waals surface area contributed by atoms with Crippen LogP contribution in [-0.2, 0) is 4.79 Å². The molecule has 0 atom stereocenters. The summed E-state index contributed by atoms with van der Waals surface area (Å²) in [5.74, 6) is 0.262. The maximum Gasteiger partial charge on any atom is 0.234 e. The number of benzene rings is 1. The molecule has 1 aliphatic carbocycles. The van der Waals surface area contributed by atoms with Gasteiger partial charge in [0.15, 0.2) is 5.13 Å². The first kappa shape index (κ1) is 15.1. The van der Waals surface area contributed by atoms with E-state index in [0.29, 0.717) is 5.13 Å². The van der Waals surface area contributed by atoms with Crippen LogP contribution in [0, 0.1) is 12.8 Å². The van der Waals surface area contributed by atoms with Crippen LogP contribution >= 0.6 is 11.3 Å². The van der Waals surface area contributed by atoms with E-state index in [1.54, 1.807) is 4.57 Å². The Balaban J connectivity index is 1.72. The van der Waals surface area contributed by atoms with Crippen LogP contribution in [0.1, 0.15) is 29.4 Å². The second kappa shape index (κ2) is 5.56. The van der Waals surface area contributed by atoms with Gasteiger partial charge in [0.25, 0.3) is 0 Å². The minimum absolute atomic E-state index is 0.124. The van der Waals surface area contributed by atoms with Crippen LogP contribution in [-0.4, -0.2) is 21.4 Å². The quantitative estimate of drug-likeness (QED) is 0.782. The van der Waals surface area contributed by atoms with Gasteiger partial charge in [0, 0.05) is 34.9 Å². The predicted octanol–water partition coefficient (Wildman–Crippen LogP) is 4.08. The Labute approximate surface area is 143 Å². The summed E-state index contributed by atoms with van der Waals surface area (Å²) in [6.07, 6.45) is 3.85. The van der Waals surface area contributed by atoms with E-state index in [1.165, 1.54) is 18.3 Å². The standard InChI is InChI=1S/C18H17N3O2S/c1-10-16(20-18(24-10)19-11(2)22)14-5-6-15-13(9-14)7-8-21(15)17(23)12-3-4-12/h5-9,12H,3-4H2,1-2H3,(H,19,20,22). The van der Waals surface area contributed by atoms with E-state index in [9.17, 15) is 9.59 Å². The molecule has 3 aromatic rings. The Bertz CT molecular complexity index is 966. The SMILES string of the molecule is CC(=O)Nc1nc(-c2ccc3c(ccn3C(=O)C3CC3)c2)c(C)s1. The lowest BCUT2D eigenvalue weighted by atomic mass is 10.1. The van der Waals surface area contributed by atoms with Crippen molar-refractivity contribution < 1.29 is 9.59 Å². The summed E-state index contributed by atoms with van der Waals surface area (Å²) in [4.78, 5) is 29.1. The number of amides is 1. The summed E-state index contributed by atoms with van der Waals surface area (Å²) in [6.45, 7) is 3.46. The Hall–Kier alpha value is -2.47. The highest BCUT2D eigenvalue weighted by Gasteiger charge is 2.31. The van der Waals surface area contributed by atoms with E-state index < -0.39 is 0 Å². The van der Waals surface area contributed by atoms with E-state index in [0.717, 1.165) is 39.9 Å². The lowest BCUT2D eigenvalue weighted by molar-refractivity contribution is -0.114. The average Bonchev–Trinajstić information content (AvgIpc) is 3.21. The molecule has 0 bridgehead atoms. The van der Waals surface area contributed by atoms with Crippen molar-refractivity contribution in [3.05, 3.63) is 35.3 Å². The molecule has 0 spiro atoms. The van der Waals surface area contributed by atoms with Crippen molar-refractivity contribution in [3.63, 3.8) is 0 Å². The highest BCUT2D eigenvalue weighted by atomic mass is 32.1. The number of rotatable bonds is 3. The molecule has 122 valence electrons. The Morgan fingerprint density at radius 3 is 2.79 bits per heavy atom. The molecule has 1 N–H and O–H groups in total. The molecule has 1 saturated carbocycles. The van der Waals surface area contributed by atoms with Gasteiger partial charge in [0.05, 0.1) is 11.2 Å². The molecule has 1 aliphatic rings. The van der Waals surface area contributed by atoms with Gasteiger partial charge >= 0.3 is 0 Å². The van der Waals surface area contributed by atoms with Gasteiger partial charge in [-0.15, -0.1) is 11.3 Å². The first-order valence-electron chi connectivity index (χ1n) is 7.93. The van der Waals surface area contributed by atoms with E-state index in [2.05, 4.69) is 10.3 Å². The smallest absolute Gasteiger partial charge is 0.234 e. The molecule has 1 fully saturated rings. The zero-order chi connectivity index (χ0) is 16.8. The molecular formula is C18H17N3O2S. The molecule has 2 heterocycles.